The maximum absolute atomic E-state index is 12.6. The second kappa shape index (κ2) is 2.69. The number of halogens is 2. The lowest BCUT2D eigenvalue weighted by Gasteiger charge is -2.13. The van der Waals surface area contributed by atoms with Crippen LogP contribution in [0.5, 0.6) is 5.75 Å². The van der Waals surface area contributed by atoms with E-state index >= 15 is 0 Å². The van der Waals surface area contributed by atoms with E-state index in [9.17, 15) is 8.78 Å². The van der Waals surface area contributed by atoms with Crippen LogP contribution in [0, 0.1) is 0 Å². The molecule has 1 aliphatic rings. The van der Waals surface area contributed by atoms with Crippen molar-refractivity contribution in [1.29, 1.82) is 0 Å². The average Bonchev–Trinajstić information content (AvgIpc) is 2.86. The van der Waals surface area contributed by atoms with Gasteiger partial charge in [-0.2, -0.15) is 0 Å². The van der Waals surface area contributed by atoms with Crippen LogP contribution in [-0.2, 0) is 5.41 Å². The SMILES string of the molecule is Oc1ccc(C2(C(F)F)CC2)cc1. The first-order valence-corrected chi connectivity index (χ1v) is 4.23. The number of phenolic OH excluding ortho intramolecular Hbond substituents is 1. The molecule has 0 saturated heterocycles. The molecule has 0 spiro atoms. The zero-order chi connectivity index (χ0) is 9.47. The highest BCUT2D eigenvalue weighted by atomic mass is 19.3. The number of phenols is 1. The van der Waals surface area contributed by atoms with Crippen molar-refractivity contribution in [3.8, 4) is 5.75 Å². The lowest BCUT2D eigenvalue weighted by atomic mass is 9.97. The minimum absolute atomic E-state index is 0.119. The number of aromatic hydroxyl groups is 1. The van der Waals surface area contributed by atoms with Gasteiger partial charge in [0.25, 0.3) is 0 Å². The van der Waals surface area contributed by atoms with Gasteiger partial charge in [0.05, 0.1) is 5.41 Å². The zero-order valence-electron chi connectivity index (χ0n) is 7.00. The van der Waals surface area contributed by atoms with Gasteiger partial charge in [0.1, 0.15) is 5.75 Å². The third-order valence-electron chi connectivity index (χ3n) is 2.65. The van der Waals surface area contributed by atoms with Crippen molar-refractivity contribution in [3.63, 3.8) is 0 Å². The molecule has 1 N–H and O–H groups in total. The molecule has 70 valence electrons. The highest BCUT2D eigenvalue weighted by molar-refractivity contribution is 5.36. The van der Waals surface area contributed by atoms with E-state index < -0.39 is 11.8 Å². The molecular formula is C10H10F2O. The van der Waals surface area contributed by atoms with Crippen molar-refractivity contribution < 1.29 is 13.9 Å². The molecule has 3 heteroatoms. The first-order chi connectivity index (χ1) is 6.15. The predicted octanol–water partition coefficient (Wildman–Crippen LogP) is 2.69. The van der Waals surface area contributed by atoms with Gasteiger partial charge in [0.2, 0.25) is 6.43 Å². The molecular weight excluding hydrogens is 174 g/mol. The van der Waals surface area contributed by atoms with E-state index in [1.54, 1.807) is 12.1 Å². The van der Waals surface area contributed by atoms with Gasteiger partial charge >= 0.3 is 0 Å². The van der Waals surface area contributed by atoms with Crippen molar-refractivity contribution in [1.82, 2.24) is 0 Å². The van der Waals surface area contributed by atoms with Crippen LogP contribution in [0.25, 0.3) is 0 Å². The molecule has 1 aromatic rings. The van der Waals surface area contributed by atoms with Crippen molar-refractivity contribution in [3.05, 3.63) is 29.8 Å². The molecule has 0 heterocycles. The Labute approximate surface area is 75.0 Å². The number of hydrogen-bond donors (Lipinski definition) is 1. The topological polar surface area (TPSA) is 20.2 Å². The van der Waals surface area contributed by atoms with E-state index in [-0.39, 0.29) is 5.75 Å². The van der Waals surface area contributed by atoms with E-state index in [0.717, 1.165) is 0 Å². The van der Waals surface area contributed by atoms with Crippen LogP contribution in [0.1, 0.15) is 18.4 Å². The van der Waals surface area contributed by atoms with E-state index in [4.69, 9.17) is 5.11 Å². The third-order valence-corrected chi connectivity index (χ3v) is 2.65. The fourth-order valence-corrected chi connectivity index (χ4v) is 1.56. The summed E-state index contributed by atoms with van der Waals surface area (Å²) in [7, 11) is 0. The van der Waals surface area contributed by atoms with Crippen LogP contribution in [-0.4, -0.2) is 11.5 Å². The normalized spacial score (nSPS) is 19.0. The Hall–Kier alpha value is -1.12. The fraction of sp³-hybridized carbons (Fsp3) is 0.400. The molecule has 13 heavy (non-hydrogen) atoms. The standard InChI is InChI=1S/C10H10F2O/c11-9(12)10(5-6-10)7-1-3-8(13)4-2-7/h1-4,9,13H,5-6H2. The summed E-state index contributed by atoms with van der Waals surface area (Å²) in [5.41, 5.74) is -0.270. The zero-order valence-corrected chi connectivity index (χ0v) is 7.00. The van der Waals surface area contributed by atoms with Gasteiger partial charge in [0.15, 0.2) is 0 Å². The van der Waals surface area contributed by atoms with Gasteiger partial charge in [-0.25, -0.2) is 8.78 Å². The Morgan fingerprint density at radius 3 is 2.08 bits per heavy atom. The summed E-state index contributed by atoms with van der Waals surface area (Å²) < 4.78 is 25.2. The number of hydrogen-bond acceptors (Lipinski definition) is 1. The molecule has 1 aromatic carbocycles. The molecule has 0 radical (unpaired) electrons. The highest BCUT2D eigenvalue weighted by Gasteiger charge is 2.52. The second-order valence-electron chi connectivity index (χ2n) is 3.50. The Morgan fingerprint density at radius 1 is 1.15 bits per heavy atom. The van der Waals surface area contributed by atoms with Crippen LogP contribution < -0.4 is 0 Å². The Bertz CT molecular complexity index is 301. The summed E-state index contributed by atoms with van der Waals surface area (Å²) in [4.78, 5) is 0. The van der Waals surface area contributed by atoms with Crippen LogP contribution in [0.15, 0.2) is 24.3 Å². The molecule has 2 rings (SSSR count). The second-order valence-corrected chi connectivity index (χ2v) is 3.50. The highest BCUT2D eigenvalue weighted by Crippen LogP contribution is 2.52. The first-order valence-electron chi connectivity index (χ1n) is 4.23. The van der Waals surface area contributed by atoms with Crippen LogP contribution in [0.2, 0.25) is 0 Å². The minimum Gasteiger partial charge on any atom is -0.508 e. The quantitative estimate of drug-likeness (QED) is 0.749. The van der Waals surface area contributed by atoms with Gasteiger partial charge in [-0.15, -0.1) is 0 Å². The third kappa shape index (κ3) is 1.28. The predicted molar refractivity (Wildman–Crippen MR) is 45.0 cm³/mol. The summed E-state index contributed by atoms with van der Waals surface area (Å²) in [6, 6.07) is 6.07. The molecule has 0 aliphatic heterocycles. The van der Waals surface area contributed by atoms with Gasteiger partial charge in [0, 0.05) is 0 Å². The monoisotopic (exact) mass is 184 g/mol. The number of rotatable bonds is 2. The maximum Gasteiger partial charge on any atom is 0.248 e. The summed E-state index contributed by atoms with van der Waals surface area (Å²) in [6.07, 6.45) is -1.19. The largest absolute Gasteiger partial charge is 0.508 e. The average molecular weight is 184 g/mol. The Morgan fingerprint density at radius 2 is 1.69 bits per heavy atom. The molecule has 0 aromatic heterocycles. The Balaban J connectivity index is 2.31. The molecule has 0 amide bonds. The maximum atomic E-state index is 12.6. The molecule has 0 atom stereocenters. The van der Waals surface area contributed by atoms with E-state index in [1.165, 1.54) is 12.1 Å². The van der Waals surface area contributed by atoms with E-state index in [1.807, 2.05) is 0 Å². The van der Waals surface area contributed by atoms with Crippen molar-refractivity contribution >= 4 is 0 Å². The molecule has 1 fully saturated rings. The van der Waals surface area contributed by atoms with Crippen molar-refractivity contribution in [2.24, 2.45) is 0 Å². The van der Waals surface area contributed by atoms with Gasteiger partial charge in [-0.3, -0.25) is 0 Å². The molecule has 1 saturated carbocycles. The van der Waals surface area contributed by atoms with Gasteiger partial charge < -0.3 is 5.11 Å². The Kier molecular flexibility index (Phi) is 1.75. The van der Waals surface area contributed by atoms with Crippen molar-refractivity contribution in [2.45, 2.75) is 24.7 Å². The smallest absolute Gasteiger partial charge is 0.248 e. The lowest BCUT2D eigenvalue weighted by Crippen LogP contribution is -2.16. The van der Waals surface area contributed by atoms with Gasteiger partial charge in [-0.1, -0.05) is 12.1 Å². The summed E-state index contributed by atoms with van der Waals surface area (Å²) in [5, 5.41) is 8.99. The number of benzene rings is 1. The molecule has 0 bridgehead atoms. The van der Waals surface area contributed by atoms with Crippen molar-refractivity contribution in [2.75, 3.05) is 0 Å². The molecule has 0 unspecified atom stereocenters. The van der Waals surface area contributed by atoms with Crippen LogP contribution >= 0.6 is 0 Å². The molecule has 1 nitrogen and oxygen atoms in total. The lowest BCUT2D eigenvalue weighted by molar-refractivity contribution is 0.102. The summed E-state index contributed by atoms with van der Waals surface area (Å²) in [5.74, 6) is 0.119. The summed E-state index contributed by atoms with van der Waals surface area (Å²) >= 11 is 0. The van der Waals surface area contributed by atoms with Crippen LogP contribution in [0.4, 0.5) is 8.78 Å². The summed E-state index contributed by atoms with van der Waals surface area (Å²) in [6.45, 7) is 0. The molecule has 1 aliphatic carbocycles. The minimum atomic E-state index is -2.29. The number of alkyl halides is 2. The fourth-order valence-electron chi connectivity index (χ4n) is 1.56. The van der Waals surface area contributed by atoms with Crippen LogP contribution in [0.3, 0.4) is 0 Å². The van der Waals surface area contributed by atoms with Gasteiger partial charge in [-0.05, 0) is 30.5 Å². The van der Waals surface area contributed by atoms with E-state index in [2.05, 4.69) is 0 Å². The van der Waals surface area contributed by atoms with E-state index in [0.29, 0.717) is 18.4 Å². The first kappa shape index (κ1) is 8.48.